The summed E-state index contributed by atoms with van der Waals surface area (Å²) in [6, 6.07) is 4.28. The Balaban J connectivity index is 2.58. The molecule has 2 rings (SSSR count). The number of halogens is 2. The Hall–Kier alpha value is -1.51. The molecule has 0 fully saturated rings. The van der Waals surface area contributed by atoms with Gasteiger partial charge in [-0.15, -0.1) is 0 Å². The van der Waals surface area contributed by atoms with Crippen LogP contribution in [0.25, 0.3) is 11.4 Å². The van der Waals surface area contributed by atoms with E-state index in [1.165, 1.54) is 12.1 Å². The van der Waals surface area contributed by atoms with Crippen molar-refractivity contribution in [3.8, 4) is 11.4 Å². The molecule has 0 saturated carbocycles. The Bertz CT molecular complexity index is 525. The average molecular weight is 331 g/mol. The maximum Gasteiger partial charge on any atom is 0.225 e. The average Bonchev–Trinajstić information content (AvgIpc) is 2.15. The number of nitrogen functional groups attached to an aromatic ring is 2. The van der Waals surface area contributed by atoms with Crippen LogP contribution in [-0.4, -0.2) is 15.0 Å². The first-order valence-corrected chi connectivity index (χ1v) is 5.36. The maximum atomic E-state index is 12.9. The molecule has 0 spiro atoms. The lowest BCUT2D eigenvalue weighted by Gasteiger charge is -2.04. The summed E-state index contributed by atoms with van der Waals surface area (Å²) in [7, 11) is 0. The molecule has 0 amide bonds. The number of hydrogen-bond acceptors (Lipinski definition) is 5. The van der Waals surface area contributed by atoms with Gasteiger partial charge in [-0.05, 0) is 40.8 Å². The van der Waals surface area contributed by atoms with E-state index >= 15 is 0 Å². The van der Waals surface area contributed by atoms with E-state index in [9.17, 15) is 4.39 Å². The third kappa shape index (κ3) is 2.18. The van der Waals surface area contributed by atoms with Gasteiger partial charge in [0.1, 0.15) is 5.82 Å². The predicted molar refractivity (Wildman–Crippen MR) is 66.8 cm³/mol. The predicted octanol–water partition coefficient (Wildman–Crippen LogP) is 1.45. The smallest absolute Gasteiger partial charge is 0.225 e. The molecule has 0 saturated heterocycles. The fourth-order valence-corrected chi connectivity index (χ4v) is 1.92. The van der Waals surface area contributed by atoms with E-state index in [0.29, 0.717) is 15.0 Å². The van der Waals surface area contributed by atoms with E-state index in [1.54, 1.807) is 6.07 Å². The number of hydrogen-bond donors (Lipinski definition) is 2. The number of nitrogens with two attached hydrogens (primary N) is 2. The minimum Gasteiger partial charge on any atom is -0.368 e. The Kier molecular flexibility index (Phi) is 2.86. The zero-order valence-corrected chi connectivity index (χ0v) is 10.1. The SMILES string of the molecule is Nc1nc(N)nc(-c2ccc(F)cc2I)n1. The molecular formula is C9H7FIN5. The van der Waals surface area contributed by atoms with Crippen molar-refractivity contribution in [1.82, 2.24) is 15.0 Å². The molecule has 1 aromatic carbocycles. The summed E-state index contributed by atoms with van der Waals surface area (Å²) < 4.78 is 13.6. The van der Waals surface area contributed by atoms with Gasteiger partial charge in [-0.25, -0.2) is 4.39 Å². The van der Waals surface area contributed by atoms with Gasteiger partial charge in [0.05, 0.1) is 0 Å². The van der Waals surface area contributed by atoms with E-state index in [-0.39, 0.29) is 17.7 Å². The Labute approximate surface area is 104 Å². The van der Waals surface area contributed by atoms with Gasteiger partial charge in [-0.2, -0.15) is 15.0 Å². The van der Waals surface area contributed by atoms with Crippen molar-refractivity contribution in [2.24, 2.45) is 0 Å². The highest BCUT2D eigenvalue weighted by Gasteiger charge is 2.09. The summed E-state index contributed by atoms with van der Waals surface area (Å²) in [5.74, 6) is 0.114. The number of benzene rings is 1. The first-order chi connectivity index (χ1) is 7.56. The lowest BCUT2D eigenvalue weighted by atomic mass is 10.2. The molecule has 0 atom stereocenters. The molecule has 0 bridgehead atoms. The number of rotatable bonds is 1. The third-order valence-electron chi connectivity index (χ3n) is 1.84. The van der Waals surface area contributed by atoms with Gasteiger partial charge in [0.25, 0.3) is 0 Å². The molecular weight excluding hydrogens is 324 g/mol. The summed E-state index contributed by atoms with van der Waals surface area (Å²) in [5, 5.41) is 0. The monoisotopic (exact) mass is 331 g/mol. The molecule has 0 aliphatic carbocycles. The Morgan fingerprint density at radius 3 is 2.25 bits per heavy atom. The highest BCUT2D eigenvalue weighted by atomic mass is 127. The van der Waals surface area contributed by atoms with Crippen LogP contribution in [0.2, 0.25) is 0 Å². The van der Waals surface area contributed by atoms with Crippen LogP contribution in [0.5, 0.6) is 0 Å². The molecule has 5 nitrogen and oxygen atoms in total. The zero-order valence-electron chi connectivity index (χ0n) is 7.98. The highest BCUT2D eigenvalue weighted by molar-refractivity contribution is 14.1. The van der Waals surface area contributed by atoms with E-state index < -0.39 is 0 Å². The molecule has 2 aromatic rings. The van der Waals surface area contributed by atoms with Crippen LogP contribution in [0.4, 0.5) is 16.3 Å². The summed E-state index contributed by atoms with van der Waals surface area (Å²) >= 11 is 1.99. The number of anilines is 2. The van der Waals surface area contributed by atoms with Gasteiger partial charge in [0.2, 0.25) is 11.9 Å². The van der Waals surface area contributed by atoms with Crippen molar-refractivity contribution in [3.63, 3.8) is 0 Å². The van der Waals surface area contributed by atoms with Gasteiger partial charge in [0.15, 0.2) is 5.82 Å². The molecule has 0 aliphatic heterocycles. The van der Waals surface area contributed by atoms with Gasteiger partial charge < -0.3 is 11.5 Å². The third-order valence-corrected chi connectivity index (χ3v) is 2.73. The van der Waals surface area contributed by atoms with Crippen molar-refractivity contribution in [2.75, 3.05) is 11.5 Å². The molecule has 0 unspecified atom stereocenters. The van der Waals surface area contributed by atoms with Crippen LogP contribution in [0.15, 0.2) is 18.2 Å². The minimum absolute atomic E-state index is 0.0441. The second kappa shape index (κ2) is 4.16. The lowest BCUT2D eigenvalue weighted by molar-refractivity contribution is 0.627. The molecule has 0 aliphatic rings. The molecule has 1 aromatic heterocycles. The summed E-state index contributed by atoms with van der Waals surface area (Å²) in [5.41, 5.74) is 11.6. The van der Waals surface area contributed by atoms with Gasteiger partial charge >= 0.3 is 0 Å². The van der Waals surface area contributed by atoms with Crippen molar-refractivity contribution in [2.45, 2.75) is 0 Å². The van der Waals surface area contributed by atoms with Gasteiger partial charge in [0, 0.05) is 9.13 Å². The van der Waals surface area contributed by atoms with Crippen LogP contribution >= 0.6 is 22.6 Å². The van der Waals surface area contributed by atoms with Crippen LogP contribution in [-0.2, 0) is 0 Å². The van der Waals surface area contributed by atoms with E-state index in [2.05, 4.69) is 15.0 Å². The van der Waals surface area contributed by atoms with Crippen LogP contribution in [0.1, 0.15) is 0 Å². The zero-order chi connectivity index (χ0) is 11.7. The highest BCUT2D eigenvalue weighted by Crippen LogP contribution is 2.23. The quantitative estimate of drug-likeness (QED) is 0.772. The first kappa shape index (κ1) is 11.0. The summed E-state index contributed by atoms with van der Waals surface area (Å²) in [4.78, 5) is 11.5. The van der Waals surface area contributed by atoms with Crippen LogP contribution < -0.4 is 11.5 Å². The van der Waals surface area contributed by atoms with Crippen LogP contribution in [0.3, 0.4) is 0 Å². The van der Waals surface area contributed by atoms with Gasteiger partial charge in [-0.3, -0.25) is 0 Å². The topological polar surface area (TPSA) is 90.7 Å². The van der Waals surface area contributed by atoms with Crippen molar-refractivity contribution >= 4 is 34.5 Å². The number of aromatic nitrogens is 3. The molecule has 82 valence electrons. The fourth-order valence-electron chi connectivity index (χ4n) is 1.20. The molecule has 7 heteroatoms. The van der Waals surface area contributed by atoms with Crippen molar-refractivity contribution < 1.29 is 4.39 Å². The number of nitrogens with zero attached hydrogens (tertiary/aromatic N) is 3. The van der Waals surface area contributed by atoms with Crippen molar-refractivity contribution in [1.29, 1.82) is 0 Å². The lowest BCUT2D eigenvalue weighted by Crippen LogP contribution is -2.04. The largest absolute Gasteiger partial charge is 0.368 e. The molecule has 16 heavy (non-hydrogen) atoms. The second-order valence-electron chi connectivity index (χ2n) is 3.00. The molecule has 1 heterocycles. The minimum atomic E-state index is -0.317. The maximum absolute atomic E-state index is 12.9. The van der Waals surface area contributed by atoms with Gasteiger partial charge in [-0.1, -0.05) is 0 Å². The summed E-state index contributed by atoms with van der Waals surface area (Å²) in [6.07, 6.45) is 0. The standard InChI is InChI=1S/C9H7FIN5/c10-4-1-2-5(6(11)3-4)7-14-8(12)16-9(13)15-7/h1-3H,(H4,12,13,14,15,16). The fraction of sp³-hybridized carbons (Fsp3) is 0. The van der Waals surface area contributed by atoms with Crippen LogP contribution in [0, 0.1) is 9.39 Å². The molecule has 0 radical (unpaired) electrons. The van der Waals surface area contributed by atoms with E-state index in [0.717, 1.165) is 0 Å². The van der Waals surface area contributed by atoms with E-state index in [1.807, 2.05) is 22.6 Å². The molecule has 4 N–H and O–H groups in total. The second-order valence-corrected chi connectivity index (χ2v) is 4.16. The van der Waals surface area contributed by atoms with E-state index in [4.69, 9.17) is 11.5 Å². The Morgan fingerprint density at radius 1 is 1.06 bits per heavy atom. The summed E-state index contributed by atoms with van der Waals surface area (Å²) in [6.45, 7) is 0. The van der Waals surface area contributed by atoms with Crippen molar-refractivity contribution in [3.05, 3.63) is 27.6 Å². The first-order valence-electron chi connectivity index (χ1n) is 4.28. The normalized spacial score (nSPS) is 10.4. The Morgan fingerprint density at radius 2 is 1.69 bits per heavy atom.